The number of nitrogens with one attached hydrogen (secondary N) is 3. The van der Waals surface area contributed by atoms with Crippen LogP contribution in [0.1, 0.15) is 38.7 Å². The molecule has 1 rings (SSSR count). The first-order valence-electron chi connectivity index (χ1n) is 7.52. The molecule has 1 aromatic rings. The normalized spacial score (nSPS) is 10.2. The second kappa shape index (κ2) is 9.94. The molecule has 0 spiro atoms. The minimum Gasteiger partial charge on any atom is -0.356 e. The highest BCUT2D eigenvalue weighted by molar-refractivity contribution is 5.91. The van der Waals surface area contributed by atoms with Crippen LogP contribution in [0.15, 0.2) is 24.3 Å². The van der Waals surface area contributed by atoms with Crippen LogP contribution >= 0.6 is 0 Å². The van der Waals surface area contributed by atoms with Gasteiger partial charge in [-0.2, -0.15) is 0 Å². The Morgan fingerprint density at radius 1 is 1.00 bits per heavy atom. The fourth-order valence-electron chi connectivity index (χ4n) is 1.96. The second-order valence-corrected chi connectivity index (χ2v) is 4.79. The molecule has 0 aliphatic carbocycles. The van der Waals surface area contributed by atoms with E-state index in [-0.39, 0.29) is 11.8 Å². The van der Waals surface area contributed by atoms with Crippen molar-refractivity contribution in [2.24, 2.45) is 0 Å². The van der Waals surface area contributed by atoms with Crippen molar-refractivity contribution in [2.45, 2.75) is 39.7 Å². The first-order chi connectivity index (χ1) is 10.2. The monoisotopic (exact) mass is 291 g/mol. The van der Waals surface area contributed by atoms with E-state index in [1.165, 1.54) is 0 Å². The lowest BCUT2D eigenvalue weighted by Gasteiger charge is -2.11. The van der Waals surface area contributed by atoms with Crippen LogP contribution in [-0.2, 0) is 16.1 Å². The van der Waals surface area contributed by atoms with E-state index in [1.54, 1.807) is 0 Å². The Morgan fingerprint density at radius 2 is 1.71 bits per heavy atom. The van der Waals surface area contributed by atoms with Gasteiger partial charge in [-0.15, -0.1) is 0 Å². The molecule has 0 aromatic heterocycles. The van der Waals surface area contributed by atoms with Crippen LogP contribution in [0.3, 0.4) is 0 Å². The number of hydrogen-bond acceptors (Lipinski definition) is 3. The zero-order valence-electron chi connectivity index (χ0n) is 12.9. The lowest BCUT2D eigenvalue weighted by Crippen LogP contribution is -2.23. The summed E-state index contributed by atoms with van der Waals surface area (Å²) in [5.74, 6) is -0.0545. The Morgan fingerprint density at radius 3 is 2.43 bits per heavy atom. The van der Waals surface area contributed by atoms with Gasteiger partial charge in [0.1, 0.15) is 0 Å². The Kier molecular flexibility index (Phi) is 8.12. The van der Waals surface area contributed by atoms with E-state index in [0.29, 0.717) is 25.8 Å². The molecule has 0 radical (unpaired) electrons. The SMILES string of the molecule is CCNCc1ccccc1NC(=O)CCCC(=O)NCC. The predicted molar refractivity (Wildman–Crippen MR) is 85.0 cm³/mol. The topological polar surface area (TPSA) is 70.2 Å². The maximum absolute atomic E-state index is 11.9. The molecule has 0 atom stereocenters. The zero-order chi connectivity index (χ0) is 15.5. The first kappa shape index (κ1) is 17.2. The molecule has 0 fully saturated rings. The van der Waals surface area contributed by atoms with Gasteiger partial charge in [0.25, 0.3) is 0 Å². The van der Waals surface area contributed by atoms with Crippen LogP contribution in [0.5, 0.6) is 0 Å². The molecule has 1 aromatic carbocycles. The Balaban J connectivity index is 2.42. The first-order valence-corrected chi connectivity index (χ1v) is 7.52. The van der Waals surface area contributed by atoms with Crippen LogP contribution in [0.2, 0.25) is 0 Å². The number of rotatable bonds is 9. The van der Waals surface area contributed by atoms with E-state index >= 15 is 0 Å². The summed E-state index contributed by atoms with van der Waals surface area (Å²) in [6.45, 7) is 6.16. The highest BCUT2D eigenvalue weighted by atomic mass is 16.2. The molecule has 5 nitrogen and oxygen atoms in total. The summed E-state index contributed by atoms with van der Waals surface area (Å²) in [7, 11) is 0. The van der Waals surface area contributed by atoms with Crippen molar-refractivity contribution in [1.29, 1.82) is 0 Å². The van der Waals surface area contributed by atoms with Gasteiger partial charge in [-0.25, -0.2) is 0 Å². The van der Waals surface area contributed by atoms with Gasteiger partial charge in [0.05, 0.1) is 0 Å². The van der Waals surface area contributed by atoms with Crippen molar-refractivity contribution < 1.29 is 9.59 Å². The van der Waals surface area contributed by atoms with Gasteiger partial charge < -0.3 is 16.0 Å². The molecule has 5 heteroatoms. The summed E-state index contributed by atoms with van der Waals surface area (Å²) in [6.07, 6.45) is 1.31. The quantitative estimate of drug-likeness (QED) is 0.652. The summed E-state index contributed by atoms with van der Waals surface area (Å²) < 4.78 is 0. The van der Waals surface area contributed by atoms with Crippen molar-refractivity contribution in [3.63, 3.8) is 0 Å². The van der Waals surface area contributed by atoms with Gasteiger partial charge in [-0.3, -0.25) is 9.59 Å². The number of carbonyl (C=O) groups excluding carboxylic acids is 2. The Bertz CT molecular complexity index is 461. The number of anilines is 1. The number of para-hydroxylation sites is 1. The molecule has 0 saturated carbocycles. The predicted octanol–water partition coefficient (Wildman–Crippen LogP) is 2.04. The molecule has 0 unspecified atom stereocenters. The van der Waals surface area contributed by atoms with Gasteiger partial charge in [-0.05, 0) is 31.5 Å². The molecule has 0 aliphatic rings. The van der Waals surface area contributed by atoms with Crippen molar-refractivity contribution >= 4 is 17.5 Å². The van der Waals surface area contributed by atoms with Crippen molar-refractivity contribution in [3.8, 4) is 0 Å². The maximum Gasteiger partial charge on any atom is 0.224 e. The number of hydrogen-bond donors (Lipinski definition) is 3. The van der Waals surface area contributed by atoms with Crippen LogP contribution in [0, 0.1) is 0 Å². The molecule has 0 heterocycles. The largest absolute Gasteiger partial charge is 0.356 e. The molecule has 3 N–H and O–H groups in total. The van der Waals surface area contributed by atoms with Crippen LogP contribution < -0.4 is 16.0 Å². The molecule has 0 aliphatic heterocycles. The summed E-state index contributed by atoms with van der Waals surface area (Å²) >= 11 is 0. The van der Waals surface area contributed by atoms with E-state index < -0.39 is 0 Å². The van der Waals surface area contributed by atoms with E-state index in [1.807, 2.05) is 38.1 Å². The number of benzene rings is 1. The van der Waals surface area contributed by atoms with Crippen LogP contribution in [0.4, 0.5) is 5.69 Å². The average Bonchev–Trinajstić information content (AvgIpc) is 2.46. The van der Waals surface area contributed by atoms with Gasteiger partial charge >= 0.3 is 0 Å². The summed E-state index contributed by atoms with van der Waals surface area (Å²) in [4.78, 5) is 23.2. The van der Waals surface area contributed by atoms with Crippen LogP contribution in [0.25, 0.3) is 0 Å². The third kappa shape index (κ3) is 6.90. The van der Waals surface area contributed by atoms with E-state index in [4.69, 9.17) is 0 Å². The van der Waals surface area contributed by atoms with Crippen LogP contribution in [-0.4, -0.2) is 24.9 Å². The molecule has 2 amide bonds. The van der Waals surface area contributed by atoms with E-state index in [0.717, 1.165) is 24.3 Å². The Labute approximate surface area is 126 Å². The van der Waals surface area contributed by atoms with E-state index in [9.17, 15) is 9.59 Å². The smallest absolute Gasteiger partial charge is 0.224 e. The third-order valence-corrected chi connectivity index (χ3v) is 3.04. The molecular weight excluding hydrogens is 266 g/mol. The highest BCUT2D eigenvalue weighted by Gasteiger charge is 2.07. The van der Waals surface area contributed by atoms with E-state index in [2.05, 4.69) is 16.0 Å². The van der Waals surface area contributed by atoms with Gasteiger partial charge in [0.15, 0.2) is 0 Å². The van der Waals surface area contributed by atoms with Crippen molar-refractivity contribution in [2.75, 3.05) is 18.4 Å². The lowest BCUT2D eigenvalue weighted by molar-refractivity contribution is -0.121. The zero-order valence-corrected chi connectivity index (χ0v) is 12.9. The maximum atomic E-state index is 11.9. The minimum absolute atomic E-state index is 0.00199. The molecule has 21 heavy (non-hydrogen) atoms. The third-order valence-electron chi connectivity index (χ3n) is 3.04. The molecular formula is C16H25N3O2. The Hall–Kier alpha value is -1.88. The summed E-state index contributed by atoms with van der Waals surface area (Å²) in [5.41, 5.74) is 1.90. The average molecular weight is 291 g/mol. The molecule has 116 valence electrons. The van der Waals surface area contributed by atoms with Crippen molar-refractivity contribution in [3.05, 3.63) is 29.8 Å². The minimum atomic E-state index is -0.0525. The summed E-state index contributed by atoms with van der Waals surface area (Å²) in [5, 5.41) is 8.88. The second-order valence-electron chi connectivity index (χ2n) is 4.79. The molecule has 0 bridgehead atoms. The van der Waals surface area contributed by atoms with Gasteiger partial charge in [-0.1, -0.05) is 25.1 Å². The summed E-state index contributed by atoms with van der Waals surface area (Å²) in [6, 6.07) is 7.75. The molecule has 0 saturated heterocycles. The highest BCUT2D eigenvalue weighted by Crippen LogP contribution is 2.15. The van der Waals surface area contributed by atoms with Crippen molar-refractivity contribution in [1.82, 2.24) is 10.6 Å². The number of carbonyl (C=O) groups is 2. The van der Waals surface area contributed by atoms with Gasteiger partial charge in [0.2, 0.25) is 11.8 Å². The fraction of sp³-hybridized carbons (Fsp3) is 0.500. The lowest BCUT2D eigenvalue weighted by atomic mass is 10.1. The standard InChI is InChI=1S/C16H25N3O2/c1-3-17-12-13-8-5-6-9-14(13)19-16(21)11-7-10-15(20)18-4-2/h5-6,8-9,17H,3-4,7,10-12H2,1-2H3,(H,18,20)(H,19,21). The van der Waals surface area contributed by atoms with Gasteiger partial charge in [0, 0.05) is 31.6 Å². The number of amides is 2. The fourth-order valence-corrected chi connectivity index (χ4v) is 1.96.